The number of carbonyl (C=O) groups is 1. The quantitative estimate of drug-likeness (QED) is 0.597. The largest absolute Gasteiger partial charge is 0.490 e. The Bertz CT molecular complexity index is 480. The second kappa shape index (κ2) is 9.31. The Labute approximate surface area is 131 Å². The van der Waals surface area contributed by atoms with E-state index < -0.39 is 0 Å². The Morgan fingerprint density at radius 2 is 2.05 bits per heavy atom. The maximum absolute atomic E-state index is 12.2. The Kier molecular flexibility index (Phi) is 7.71. The van der Waals surface area contributed by atoms with Gasteiger partial charge in [-0.1, -0.05) is 19.1 Å². The molecule has 0 spiro atoms. The highest BCUT2D eigenvalue weighted by atomic mass is 32.1. The van der Waals surface area contributed by atoms with Crippen LogP contribution in [-0.4, -0.2) is 37.4 Å². The van der Waals surface area contributed by atoms with Gasteiger partial charge in [0.05, 0.1) is 12.2 Å². The molecule has 0 heterocycles. The van der Waals surface area contributed by atoms with Crippen LogP contribution in [0.1, 0.15) is 30.6 Å². The number of hydrogen-bond acceptors (Lipinski definition) is 4. The third-order valence-corrected chi connectivity index (χ3v) is 3.11. The van der Waals surface area contributed by atoms with Gasteiger partial charge in [-0.05, 0) is 37.7 Å². The van der Waals surface area contributed by atoms with Gasteiger partial charge >= 0.3 is 0 Å². The Morgan fingerprint density at radius 1 is 1.33 bits per heavy atom. The highest BCUT2D eigenvalue weighted by molar-refractivity contribution is 7.80. The minimum atomic E-state index is -0.288. The van der Waals surface area contributed by atoms with Gasteiger partial charge in [-0.25, -0.2) is 0 Å². The molecule has 6 heteroatoms. The molecule has 2 N–H and O–H groups in total. The second-order valence-electron chi connectivity index (χ2n) is 4.57. The van der Waals surface area contributed by atoms with Gasteiger partial charge in [0.2, 0.25) is 0 Å². The predicted octanol–water partition coefficient (Wildman–Crippen LogP) is 2.11. The smallest absolute Gasteiger partial charge is 0.261 e. The standard InChI is InChI=1S/C15H22N2O3S/c1-4-11(2)16-15(21)17-14(18)12-7-5-6-8-13(12)20-10-9-19-3/h5-8,11H,4,9-10H2,1-3H3,(H2,16,17,18,21). The van der Waals surface area contributed by atoms with E-state index in [1.165, 1.54) is 0 Å². The summed E-state index contributed by atoms with van der Waals surface area (Å²) in [6, 6.07) is 7.25. The zero-order valence-electron chi connectivity index (χ0n) is 12.6. The van der Waals surface area contributed by atoms with Crippen LogP contribution >= 0.6 is 12.2 Å². The van der Waals surface area contributed by atoms with E-state index in [9.17, 15) is 4.79 Å². The van der Waals surface area contributed by atoms with Crippen molar-refractivity contribution in [1.29, 1.82) is 0 Å². The van der Waals surface area contributed by atoms with Crippen LogP contribution in [0, 0.1) is 0 Å². The molecule has 0 saturated heterocycles. The Morgan fingerprint density at radius 3 is 2.71 bits per heavy atom. The first kappa shape index (κ1) is 17.4. The average molecular weight is 310 g/mol. The number of para-hydroxylation sites is 1. The van der Waals surface area contributed by atoms with E-state index in [2.05, 4.69) is 10.6 Å². The van der Waals surface area contributed by atoms with E-state index in [1.807, 2.05) is 19.9 Å². The fourth-order valence-electron chi connectivity index (χ4n) is 1.55. The maximum Gasteiger partial charge on any atom is 0.261 e. The molecule has 21 heavy (non-hydrogen) atoms. The zero-order valence-corrected chi connectivity index (χ0v) is 13.5. The van der Waals surface area contributed by atoms with Crippen LogP contribution in [0.2, 0.25) is 0 Å². The van der Waals surface area contributed by atoms with Crippen molar-refractivity contribution in [3.05, 3.63) is 29.8 Å². The lowest BCUT2D eigenvalue weighted by atomic mass is 10.2. The molecule has 0 saturated carbocycles. The second-order valence-corrected chi connectivity index (χ2v) is 4.98. The van der Waals surface area contributed by atoms with Gasteiger partial charge in [0.25, 0.3) is 5.91 Å². The Balaban J connectivity index is 2.66. The molecule has 0 aliphatic heterocycles. The number of rotatable bonds is 7. The number of ether oxygens (including phenoxy) is 2. The van der Waals surface area contributed by atoms with Crippen LogP contribution in [-0.2, 0) is 4.74 Å². The van der Waals surface area contributed by atoms with Gasteiger partial charge < -0.3 is 14.8 Å². The van der Waals surface area contributed by atoms with Gasteiger partial charge in [0.15, 0.2) is 5.11 Å². The lowest BCUT2D eigenvalue weighted by molar-refractivity contribution is 0.0968. The van der Waals surface area contributed by atoms with Crippen molar-refractivity contribution in [3.63, 3.8) is 0 Å². The minimum absolute atomic E-state index is 0.214. The van der Waals surface area contributed by atoms with Crippen molar-refractivity contribution in [3.8, 4) is 5.75 Å². The number of carbonyl (C=O) groups excluding carboxylic acids is 1. The van der Waals surface area contributed by atoms with E-state index >= 15 is 0 Å². The monoisotopic (exact) mass is 310 g/mol. The van der Waals surface area contributed by atoms with Gasteiger partial charge in [0.1, 0.15) is 12.4 Å². The van der Waals surface area contributed by atoms with Gasteiger partial charge in [0, 0.05) is 13.2 Å². The van der Waals surface area contributed by atoms with Crippen molar-refractivity contribution in [2.75, 3.05) is 20.3 Å². The highest BCUT2D eigenvalue weighted by Gasteiger charge is 2.14. The molecular formula is C15H22N2O3S. The molecule has 0 aliphatic carbocycles. The summed E-state index contributed by atoms with van der Waals surface area (Å²) in [5.41, 5.74) is 0.446. The van der Waals surface area contributed by atoms with Gasteiger partial charge in [-0.2, -0.15) is 0 Å². The van der Waals surface area contributed by atoms with Gasteiger partial charge in [-0.15, -0.1) is 0 Å². The number of thiocarbonyl (C=S) groups is 1. The molecule has 1 aromatic rings. The molecule has 116 valence electrons. The first-order valence-electron chi connectivity index (χ1n) is 6.91. The predicted molar refractivity (Wildman–Crippen MR) is 86.8 cm³/mol. The Hall–Kier alpha value is -1.66. The topological polar surface area (TPSA) is 59.6 Å². The minimum Gasteiger partial charge on any atom is -0.490 e. The average Bonchev–Trinajstić information content (AvgIpc) is 2.47. The SMILES string of the molecule is CCC(C)NC(=S)NC(=O)c1ccccc1OCCOC. The summed E-state index contributed by atoms with van der Waals surface area (Å²) in [7, 11) is 1.60. The van der Waals surface area contributed by atoms with Crippen LogP contribution in [0.5, 0.6) is 5.75 Å². The molecule has 1 unspecified atom stereocenters. The van der Waals surface area contributed by atoms with Crippen LogP contribution in [0.4, 0.5) is 0 Å². The number of benzene rings is 1. The maximum atomic E-state index is 12.2. The van der Waals surface area contributed by atoms with Crippen molar-refractivity contribution in [2.45, 2.75) is 26.3 Å². The molecule has 1 amide bonds. The number of hydrogen-bond donors (Lipinski definition) is 2. The first-order valence-corrected chi connectivity index (χ1v) is 7.31. The normalized spacial score (nSPS) is 11.6. The molecule has 0 bridgehead atoms. The van der Waals surface area contributed by atoms with E-state index in [1.54, 1.807) is 25.3 Å². The van der Waals surface area contributed by atoms with Crippen molar-refractivity contribution < 1.29 is 14.3 Å². The van der Waals surface area contributed by atoms with E-state index in [-0.39, 0.29) is 11.9 Å². The third-order valence-electron chi connectivity index (χ3n) is 2.89. The zero-order chi connectivity index (χ0) is 15.7. The van der Waals surface area contributed by atoms with E-state index in [0.29, 0.717) is 29.6 Å². The fourth-order valence-corrected chi connectivity index (χ4v) is 1.84. The molecule has 5 nitrogen and oxygen atoms in total. The van der Waals surface area contributed by atoms with E-state index in [4.69, 9.17) is 21.7 Å². The van der Waals surface area contributed by atoms with Gasteiger partial charge in [-0.3, -0.25) is 10.1 Å². The molecule has 1 rings (SSSR count). The summed E-state index contributed by atoms with van der Waals surface area (Å²) in [4.78, 5) is 12.2. The molecule has 0 radical (unpaired) electrons. The summed E-state index contributed by atoms with van der Waals surface area (Å²) >= 11 is 5.12. The molecular weight excluding hydrogens is 288 g/mol. The van der Waals surface area contributed by atoms with E-state index in [0.717, 1.165) is 6.42 Å². The summed E-state index contributed by atoms with van der Waals surface area (Å²) in [5, 5.41) is 6.02. The third kappa shape index (κ3) is 6.10. The van der Waals surface area contributed by atoms with Crippen molar-refractivity contribution in [1.82, 2.24) is 10.6 Å². The van der Waals surface area contributed by atoms with Crippen LogP contribution in [0.25, 0.3) is 0 Å². The fraction of sp³-hybridized carbons (Fsp3) is 0.467. The van der Waals surface area contributed by atoms with Crippen molar-refractivity contribution >= 4 is 23.2 Å². The lowest BCUT2D eigenvalue weighted by Crippen LogP contribution is -2.43. The van der Waals surface area contributed by atoms with Crippen LogP contribution in [0.15, 0.2) is 24.3 Å². The molecule has 1 atom stereocenters. The molecule has 0 aromatic heterocycles. The summed E-state index contributed by atoms with van der Waals surface area (Å²) in [5.74, 6) is 0.224. The van der Waals surface area contributed by atoms with Crippen LogP contribution < -0.4 is 15.4 Å². The summed E-state index contributed by atoms with van der Waals surface area (Å²) in [6.45, 7) is 4.89. The highest BCUT2D eigenvalue weighted by Crippen LogP contribution is 2.17. The summed E-state index contributed by atoms with van der Waals surface area (Å²) in [6.07, 6.45) is 0.923. The first-order chi connectivity index (χ1) is 10.1. The lowest BCUT2D eigenvalue weighted by Gasteiger charge is -2.15. The summed E-state index contributed by atoms with van der Waals surface area (Å²) < 4.78 is 10.5. The molecule has 1 aromatic carbocycles. The number of amides is 1. The number of nitrogens with one attached hydrogen (secondary N) is 2. The van der Waals surface area contributed by atoms with Crippen molar-refractivity contribution in [2.24, 2.45) is 0 Å². The molecule has 0 fully saturated rings. The number of methoxy groups -OCH3 is 1. The van der Waals surface area contributed by atoms with Crippen LogP contribution in [0.3, 0.4) is 0 Å². The molecule has 0 aliphatic rings.